The Hall–Kier alpha value is -3.55. The van der Waals surface area contributed by atoms with Crippen LogP contribution in [0.3, 0.4) is 0 Å². The Bertz CT molecular complexity index is 942. The van der Waals surface area contributed by atoms with Gasteiger partial charge in [-0.05, 0) is 60.4 Å². The molecule has 8 heteroatoms. The Morgan fingerprint density at radius 1 is 1.00 bits per heavy atom. The molecule has 2 aromatic rings. The third-order valence-electron chi connectivity index (χ3n) is 4.92. The SMILES string of the molecule is CCCCOc1ccc(C=NNC(=O)C(C(=O)Nc2ccc(OC)cc2)C(C)C)cc1OC. The van der Waals surface area contributed by atoms with Crippen LogP contribution in [0.5, 0.6) is 17.2 Å². The third kappa shape index (κ3) is 7.82. The Kier molecular flexibility index (Phi) is 10.2. The van der Waals surface area contributed by atoms with E-state index >= 15 is 0 Å². The van der Waals surface area contributed by atoms with Gasteiger partial charge in [0.15, 0.2) is 11.5 Å². The Balaban J connectivity index is 2.01. The number of hydrogen-bond donors (Lipinski definition) is 2. The van der Waals surface area contributed by atoms with Crippen molar-refractivity contribution >= 4 is 23.7 Å². The highest BCUT2D eigenvalue weighted by Crippen LogP contribution is 2.27. The number of amides is 2. The summed E-state index contributed by atoms with van der Waals surface area (Å²) in [4.78, 5) is 25.4. The Labute approximate surface area is 195 Å². The second-order valence-corrected chi connectivity index (χ2v) is 7.79. The first-order valence-corrected chi connectivity index (χ1v) is 11.0. The van der Waals surface area contributed by atoms with Crippen LogP contribution in [0.2, 0.25) is 0 Å². The van der Waals surface area contributed by atoms with E-state index in [0.29, 0.717) is 29.5 Å². The van der Waals surface area contributed by atoms with Gasteiger partial charge in [0.05, 0.1) is 27.0 Å². The maximum Gasteiger partial charge on any atom is 0.252 e. The zero-order valence-corrected chi connectivity index (χ0v) is 19.9. The number of benzene rings is 2. The first kappa shape index (κ1) is 25.7. The lowest BCUT2D eigenvalue weighted by Gasteiger charge is -2.18. The Morgan fingerprint density at radius 3 is 2.33 bits per heavy atom. The number of carbonyl (C=O) groups is 2. The van der Waals surface area contributed by atoms with Crippen molar-refractivity contribution in [1.29, 1.82) is 0 Å². The second-order valence-electron chi connectivity index (χ2n) is 7.79. The van der Waals surface area contributed by atoms with E-state index in [9.17, 15) is 9.59 Å². The highest BCUT2D eigenvalue weighted by atomic mass is 16.5. The zero-order valence-electron chi connectivity index (χ0n) is 19.9. The van der Waals surface area contributed by atoms with Crippen LogP contribution in [0.25, 0.3) is 0 Å². The molecule has 8 nitrogen and oxygen atoms in total. The van der Waals surface area contributed by atoms with E-state index < -0.39 is 17.7 Å². The monoisotopic (exact) mass is 455 g/mol. The molecule has 0 fully saturated rings. The van der Waals surface area contributed by atoms with Crippen LogP contribution in [0.1, 0.15) is 39.2 Å². The van der Waals surface area contributed by atoms with Crippen molar-refractivity contribution in [2.24, 2.45) is 16.9 Å². The summed E-state index contributed by atoms with van der Waals surface area (Å²) in [6.45, 7) is 6.33. The van der Waals surface area contributed by atoms with E-state index in [2.05, 4.69) is 22.8 Å². The minimum atomic E-state index is -0.909. The van der Waals surface area contributed by atoms with Gasteiger partial charge >= 0.3 is 0 Å². The molecule has 1 unspecified atom stereocenters. The van der Waals surface area contributed by atoms with Crippen molar-refractivity contribution in [1.82, 2.24) is 5.43 Å². The number of anilines is 1. The van der Waals surface area contributed by atoms with Gasteiger partial charge in [0, 0.05) is 5.69 Å². The van der Waals surface area contributed by atoms with Gasteiger partial charge in [-0.15, -0.1) is 0 Å². The van der Waals surface area contributed by atoms with Crippen molar-refractivity contribution in [3.8, 4) is 17.2 Å². The predicted molar refractivity (Wildman–Crippen MR) is 129 cm³/mol. The van der Waals surface area contributed by atoms with Crippen LogP contribution >= 0.6 is 0 Å². The number of ether oxygens (including phenoxy) is 3. The molecule has 1 atom stereocenters. The van der Waals surface area contributed by atoms with E-state index in [1.807, 2.05) is 19.9 Å². The number of methoxy groups -OCH3 is 2. The molecule has 0 aliphatic rings. The first-order chi connectivity index (χ1) is 15.9. The largest absolute Gasteiger partial charge is 0.497 e. The van der Waals surface area contributed by atoms with E-state index in [4.69, 9.17) is 14.2 Å². The molecule has 0 aromatic heterocycles. The summed E-state index contributed by atoms with van der Waals surface area (Å²) < 4.78 is 16.2. The van der Waals surface area contributed by atoms with E-state index in [1.165, 1.54) is 6.21 Å². The van der Waals surface area contributed by atoms with Gasteiger partial charge < -0.3 is 19.5 Å². The molecule has 0 aliphatic carbocycles. The minimum Gasteiger partial charge on any atom is -0.497 e. The van der Waals surface area contributed by atoms with E-state index in [1.54, 1.807) is 50.6 Å². The fourth-order valence-corrected chi connectivity index (χ4v) is 3.07. The molecule has 178 valence electrons. The summed E-state index contributed by atoms with van der Waals surface area (Å²) in [5.41, 5.74) is 3.77. The summed E-state index contributed by atoms with van der Waals surface area (Å²) in [5, 5.41) is 6.79. The zero-order chi connectivity index (χ0) is 24.2. The average Bonchev–Trinajstić information content (AvgIpc) is 2.80. The molecular weight excluding hydrogens is 422 g/mol. The molecule has 0 aliphatic heterocycles. The van der Waals surface area contributed by atoms with E-state index in [0.717, 1.165) is 18.4 Å². The highest BCUT2D eigenvalue weighted by Gasteiger charge is 2.30. The number of unbranched alkanes of at least 4 members (excludes halogenated alkanes) is 1. The standard InChI is InChI=1S/C25H33N3O5/c1-6-7-14-33-21-13-8-18(15-22(21)32-5)16-26-28-25(30)23(17(2)3)24(29)27-19-9-11-20(31-4)12-10-19/h8-13,15-17,23H,6-7,14H2,1-5H3,(H,27,29)(H,28,30). The topological polar surface area (TPSA) is 98.2 Å². The first-order valence-electron chi connectivity index (χ1n) is 11.0. The van der Waals surface area contributed by atoms with Crippen molar-refractivity contribution in [3.63, 3.8) is 0 Å². The second kappa shape index (κ2) is 13.1. The average molecular weight is 456 g/mol. The number of nitrogens with zero attached hydrogens (tertiary/aromatic N) is 1. The van der Waals surface area contributed by atoms with Crippen molar-refractivity contribution in [2.45, 2.75) is 33.6 Å². The molecule has 2 aromatic carbocycles. The maximum absolute atomic E-state index is 12.7. The van der Waals surface area contributed by atoms with Gasteiger partial charge in [0.1, 0.15) is 11.7 Å². The molecule has 2 N–H and O–H groups in total. The van der Waals surface area contributed by atoms with E-state index in [-0.39, 0.29) is 5.92 Å². The third-order valence-corrected chi connectivity index (χ3v) is 4.92. The fourth-order valence-electron chi connectivity index (χ4n) is 3.07. The molecule has 33 heavy (non-hydrogen) atoms. The number of rotatable bonds is 12. The molecule has 0 saturated carbocycles. The number of hydrogen-bond acceptors (Lipinski definition) is 6. The summed E-state index contributed by atoms with van der Waals surface area (Å²) in [7, 11) is 3.14. The molecule has 0 heterocycles. The fraction of sp³-hybridized carbons (Fsp3) is 0.400. The van der Waals surface area contributed by atoms with Crippen LogP contribution in [0.15, 0.2) is 47.6 Å². The summed E-state index contributed by atoms with van der Waals surface area (Å²) in [6.07, 6.45) is 3.50. The van der Waals surface area contributed by atoms with Gasteiger partial charge in [-0.2, -0.15) is 5.10 Å². The van der Waals surface area contributed by atoms with Gasteiger partial charge in [0.2, 0.25) is 5.91 Å². The molecule has 0 radical (unpaired) electrons. The molecule has 2 amide bonds. The molecule has 0 saturated heterocycles. The normalized spacial score (nSPS) is 11.8. The number of nitrogens with one attached hydrogen (secondary N) is 2. The van der Waals surface area contributed by atoms with Crippen molar-refractivity contribution < 1.29 is 23.8 Å². The predicted octanol–water partition coefficient (Wildman–Crippen LogP) is 4.24. The van der Waals surface area contributed by atoms with Crippen LogP contribution in [-0.2, 0) is 9.59 Å². The minimum absolute atomic E-state index is 0.224. The van der Waals surface area contributed by atoms with Gasteiger partial charge in [0.25, 0.3) is 5.91 Å². The summed E-state index contributed by atoms with van der Waals surface area (Å²) in [5.74, 6) is -0.108. The quantitative estimate of drug-likeness (QED) is 0.216. The number of carbonyl (C=O) groups excluding carboxylic acids is 2. The smallest absolute Gasteiger partial charge is 0.252 e. The lowest BCUT2D eigenvalue weighted by Crippen LogP contribution is -2.39. The molecule has 2 rings (SSSR count). The lowest BCUT2D eigenvalue weighted by atomic mass is 9.94. The summed E-state index contributed by atoms with van der Waals surface area (Å²) >= 11 is 0. The van der Waals surface area contributed by atoms with Gasteiger partial charge in [-0.1, -0.05) is 27.2 Å². The van der Waals surface area contributed by atoms with Crippen LogP contribution in [0, 0.1) is 11.8 Å². The molecular formula is C25H33N3O5. The number of hydrazone groups is 1. The van der Waals surface area contributed by atoms with Crippen molar-refractivity contribution in [2.75, 3.05) is 26.1 Å². The molecule has 0 spiro atoms. The van der Waals surface area contributed by atoms with Crippen LogP contribution in [0.4, 0.5) is 5.69 Å². The lowest BCUT2D eigenvalue weighted by molar-refractivity contribution is -0.134. The summed E-state index contributed by atoms with van der Waals surface area (Å²) in [6, 6.07) is 12.3. The van der Waals surface area contributed by atoms with Crippen molar-refractivity contribution in [3.05, 3.63) is 48.0 Å². The molecule has 0 bridgehead atoms. The van der Waals surface area contributed by atoms with Gasteiger partial charge in [-0.3, -0.25) is 9.59 Å². The van der Waals surface area contributed by atoms with Crippen LogP contribution in [-0.4, -0.2) is 38.9 Å². The Morgan fingerprint density at radius 2 is 1.73 bits per heavy atom. The highest BCUT2D eigenvalue weighted by molar-refractivity contribution is 6.06. The van der Waals surface area contributed by atoms with Crippen LogP contribution < -0.4 is 25.0 Å². The maximum atomic E-state index is 12.7. The van der Waals surface area contributed by atoms with Gasteiger partial charge in [-0.25, -0.2) is 5.43 Å².